The summed E-state index contributed by atoms with van der Waals surface area (Å²) in [5.74, 6) is 0.579. The average molecular weight is 818 g/mol. The second-order valence-electron chi connectivity index (χ2n) is 14.8. The summed E-state index contributed by atoms with van der Waals surface area (Å²) in [6.45, 7) is 11.1. The molecule has 0 spiro atoms. The normalized spacial score (nSPS) is 14.5. The molecule has 0 saturated heterocycles. The van der Waals surface area contributed by atoms with Crippen LogP contribution in [0.25, 0.3) is 28.5 Å². The smallest absolute Gasteiger partial charge is 0.303 e. The summed E-state index contributed by atoms with van der Waals surface area (Å²) in [7, 11) is -1.11. The third-order valence-electron chi connectivity index (χ3n) is 10.4. The van der Waals surface area contributed by atoms with Gasteiger partial charge in [0.25, 0.3) is 10.1 Å². The lowest BCUT2D eigenvalue weighted by Gasteiger charge is -2.27. The van der Waals surface area contributed by atoms with E-state index < -0.39 is 21.5 Å². The number of ether oxygens (including phenoxy) is 4. The van der Waals surface area contributed by atoms with Gasteiger partial charge in [0.1, 0.15) is 24.7 Å². The van der Waals surface area contributed by atoms with E-state index in [-0.39, 0.29) is 11.3 Å². The Bertz CT molecular complexity index is 2190. The van der Waals surface area contributed by atoms with Crippen LogP contribution in [0.2, 0.25) is 0 Å². The first-order valence-corrected chi connectivity index (χ1v) is 21.1. The van der Waals surface area contributed by atoms with Crippen LogP contribution in [0.3, 0.4) is 0 Å². The SMILES string of the molecule is COCCOCC[N+](CCOCCOC)=c1ccc2c(-c3ccccc3)c(C)c(/C=C/C=C3/N(CCCCCC(=O)O)c4ccc(S(=O)(=O)O)cc4C3(C)C)oc-2c1. The zero-order chi connectivity index (χ0) is 41.7. The number of benzene rings is 3. The van der Waals surface area contributed by atoms with Gasteiger partial charge >= 0.3 is 5.97 Å². The van der Waals surface area contributed by atoms with Gasteiger partial charge in [0.05, 0.1) is 37.4 Å². The summed E-state index contributed by atoms with van der Waals surface area (Å²) in [4.78, 5) is 13.1. The van der Waals surface area contributed by atoms with Crippen molar-refractivity contribution in [3.8, 4) is 22.5 Å². The second kappa shape index (κ2) is 20.9. The molecule has 0 unspecified atom stereocenters. The van der Waals surface area contributed by atoms with Crippen molar-refractivity contribution in [3.63, 3.8) is 0 Å². The van der Waals surface area contributed by atoms with E-state index in [1.54, 1.807) is 26.4 Å². The van der Waals surface area contributed by atoms with Crippen LogP contribution in [0.4, 0.5) is 5.69 Å². The van der Waals surface area contributed by atoms with E-state index in [9.17, 15) is 17.8 Å². The molecule has 2 heterocycles. The van der Waals surface area contributed by atoms with E-state index in [0.29, 0.717) is 77.2 Å². The number of unbranched alkanes of at least 4 members (excludes halogenated alkanes) is 2. The second-order valence-corrected chi connectivity index (χ2v) is 16.2. The molecule has 0 aromatic heterocycles. The quantitative estimate of drug-likeness (QED) is 0.0478. The van der Waals surface area contributed by atoms with Crippen LogP contribution in [-0.4, -0.2) is 97.5 Å². The summed E-state index contributed by atoms with van der Waals surface area (Å²) < 4.78 is 65.1. The molecular formula is C45H57N2O10S+. The van der Waals surface area contributed by atoms with Crippen molar-refractivity contribution in [1.29, 1.82) is 0 Å². The number of carboxylic acid groups (broad SMARTS) is 1. The van der Waals surface area contributed by atoms with E-state index in [1.807, 2.05) is 50.3 Å². The topological polar surface area (TPSA) is 148 Å². The minimum atomic E-state index is -4.41. The number of carbonyl (C=O) groups is 1. The molecule has 0 saturated carbocycles. The van der Waals surface area contributed by atoms with E-state index in [2.05, 4.69) is 46.7 Å². The van der Waals surface area contributed by atoms with Gasteiger partial charge in [0, 0.05) is 61.2 Å². The van der Waals surface area contributed by atoms with Crippen LogP contribution >= 0.6 is 0 Å². The van der Waals surface area contributed by atoms with Gasteiger partial charge in [-0.05, 0) is 72.9 Å². The van der Waals surface area contributed by atoms with Crippen molar-refractivity contribution in [1.82, 2.24) is 4.58 Å². The molecule has 312 valence electrons. The first kappa shape index (κ1) is 44.5. The van der Waals surface area contributed by atoms with E-state index in [4.69, 9.17) is 28.5 Å². The van der Waals surface area contributed by atoms with Gasteiger partial charge in [-0.1, -0.05) is 56.7 Å². The number of methoxy groups -OCH3 is 2. The summed E-state index contributed by atoms with van der Waals surface area (Å²) >= 11 is 0. The van der Waals surface area contributed by atoms with Crippen molar-refractivity contribution in [3.05, 3.63) is 107 Å². The third-order valence-corrected chi connectivity index (χ3v) is 11.3. The third kappa shape index (κ3) is 11.3. The fourth-order valence-electron chi connectivity index (χ4n) is 7.37. The molecule has 3 aliphatic rings. The molecule has 0 radical (unpaired) electrons. The molecule has 13 heteroatoms. The van der Waals surface area contributed by atoms with Crippen molar-refractivity contribution in [2.75, 3.05) is 78.4 Å². The van der Waals surface area contributed by atoms with Gasteiger partial charge in [-0.3, -0.25) is 9.35 Å². The van der Waals surface area contributed by atoms with Gasteiger partial charge in [0.15, 0.2) is 13.1 Å². The first-order valence-electron chi connectivity index (χ1n) is 19.7. The Morgan fingerprint density at radius 2 is 1.57 bits per heavy atom. The molecule has 12 nitrogen and oxygen atoms in total. The maximum Gasteiger partial charge on any atom is 0.303 e. The highest BCUT2D eigenvalue weighted by atomic mass is 32.2. The Labute approximate surface area is 342 Å². The monoisotopic (exact) mass is 817 g/mol. The zero-order valence-corrected chi connectivity index (χ0v) is 35.1. The molecule has 1 aliphatic carbocycles. The predicted octanol–water partition coefficient (Wildman–Crippen LogP) is 7.04. The Morgan fingerprint density at radius 1 is 0.879 bits per heavy atom. The van der Waals surface area contributed by atoms with Crippen LogP contribution in [0, 0.1) is 6.92 Å². The van der Waals surface area contributed by atoms with Crippen molar-refractivity contribution < 1.29 is 46.2 Å². The number of anilines is 1. The first-order chi connectivity index (χ1) is 27.9. The van der Waals surface area contributed by atoms with Crippen LogP contribution in [0.5, 0.6) is 0 Å². The Hall–Kier alpha value is -4.63. The fourth-order valence-corrected chi connectivity index (χ4v) is 7.88. The van der Waals surface area contributed by atoms with Crippen molar-refractivity contribution >= 4 is 27.9 Å². The van der Waals surface area contributed by atoms with Crippen LogP contribution in [-0.2, 0) is 39.3 Å². The molecule has 5 rings (SSSR count). The number of allylic oxidation sites excluding steroid dienone is 3. The molecule has 2 aliphatic heterocycles. The van der Waals surface area contributed by atoms with Crippen molar-refractivity contribution in [2.24, 2.45) is 0 Å². The molecule has 2 N–H and O–H groups in total. The minimum absolute atomic E-state index is 0.108. The molecule has 58 heavy (non-hydrogen) atoms. The Balaban J connectivity index is 1.57. The van der Waals surface area contributed by atoms with Gasteiger partial charge in [0.2, 0.25) is 5.36 Å². The summed E-state index contributed by atoms with van der Waals surface area (Å²) in [5, 5.41) is 10.1. The van der Waals surface area contributed by atoms with Gasteiger partial charge < -0.3 is 33.4 Å². The minimum Gasteiger partial charge on any atom is -0.481 e. The van der Waals surface area contributed by atoms with Gasteiger partial charge in [-0.2, -0.15) is 8.42 Å². The largest absolute Gasteiger partial charge is 0.481 e. The van der Waals surface area contributed by atoms with Gasteiger partial charge in [-0.25, -0.2) is 4.58 Å². The highest BCUT2D eigenvalue weighted by Crippen LogP contribution is 2.48. The number of nitrogens with zero attached hydrogens (tertiary/aromatic N) is 2. The number of carboxylic acids is 1. The number of hydrogen-bond donors (Lipinski definition) is 2. The number of aliphatic carboxylic acids is 1. The zero-order valence-electron chi connectivity index (χ0n) is 34.2. The van der Waals surface area contributed by atoms with Crippen molar-refractivity contribution in [2.45, 2.75) is 56.8 Å². The molecule has 2 aromatic rings. The molecular weight excluding hydrogens is 761 g/mol. The van der Waals surface area contributed by atoms with E-state index in [1.165, 1.54) is 6.07 Å². The standard InChI is InChI=1S/C45H56N2O10S/c1-33-40(15-12-16-42-45(2,3)38-32-36(58(50,51)52)19-21-39(38)47(42)22-11-7-10-17-43(48)49)57-41-31-35(18-20-37(41)44(33)34-13-8-6-9-14-34)46(23-25-55-29-27-53-4)24-26-56-30-28-54-5/h6,8-9,12-16,18-21,31-32H,7,10-11,17,22-30H2,1-5H3,(H-,48,49,50,51,52)/p+1. The van der Waals surface area contributed by atoms with Crippen LogP contribution in [0.1, 0.15) is 56.4 Å². The van der Waals surface area contributed by atoms with E-state index in [0.717, 1.165) is 57.4 Å². The molecule has 0 fully saturated rings. The van der Waals surface area contributed by atoms with E-state index >= 15 is 0 Å². The maximum absolute atomic E-state index is 12.1. The maximum atomic E-state index is 12.1. The lowest BCUT2D eigenvalue weighted by Crippen LogP contribution is -2.36. The lowest BCUT2D eigenvalue weighted by molar-refractivity contribution is -0.137. The highest BCUT2D eigenvalue weighted by Gasteiger charge is 2.40. The number of hydrogen-bond acceptors (Lipinski definition) is 9. The molecule has 0 atom stereocenters. The lowest BCUT2D eigenvalue weighted by atomic mass is 9.83. The Morgan fingerprint density at radius 3 is 2.21 bits per heavy atom. The number of rotatable bonds is 22. The molecule has 0 amide bonds. The predicted molar refractivity (Wildman–Crippen MR) is 226 cm³/mol. The Kier molecular flexibility index (Phi) is 16.0. The van der Waals surface area contributed by atoms with Crippen LogP contribution < -0.4 is 14.8 Å². The summed E-state index contributed by atoms with van der Waals surface area (Å²) in [6, 6.07) is 21.2. The molecule has 2 aromatic carbocycles. The fraction of sp³-hybridized carbons (Fsp3) is 0.422. The summed E-state index contributed by atoms with van der Waals surface area (Å²) in [5.41, 5.74) is 6.01. The van der Waals surface area contributed by atoms with Crippen LogP contribution in [0.15, 0.2) is 93.9 Å². The van der Waals surface area contributed by atoms with Gasteiger partial charge in [-0.15, -0.1) is 0 Å². The highest BCUT2D eigenvalue weighted by molar-refractivity contribution is 7.85. The molecule has 0 bridgehead atoms. The average Bonchev–Trinajstić information content (AvgIpc) is 3.40. The summed E-state index contributed by atoms with van der Waals surface area (Å²) in [6.07, 6.45) is 8.08. The number of fused-ring (bicyclic) bond motifs is 2.